The number of aromatic nitrogens is 3. The third-order valence-electron chi connectivity index (χ3n) is 4.94. The number of nitrogens with zero attached hydrogens (tertiary/aromatic N) is 4. The smallest absolute Gasteiger partial charge is 0.257 e. The minimum Gasteiger partial charge on any atom is -0.484 e. The number of likely N-dealkylation sites (tertiary alicyclic amines) is 1. The highest BCUT2D eigenvalue weighted by atomic mass is 16.6. The molecule has 4 rings (SSSR count). The zero-order valence-electron chi connectivity index (χ0n) is 15.2. The largest absolute Gasteiger partial charge is 0.484 e. The predicted octanol–water partition coefficient (Wildman–Crippen LogP) is 2.56. The molecule has 138 valence electrons. The van der Waals surface area contributed by atoms with Gasteiger partial charge < -0.3 is 14.2 Å². The van der Waals surface area contributed by atoms with E-state index < -0.39 is 0 Å². The van der Waals surface area contributed by atoms with E-state index in [-0.39, 0.29) is 12.1 Å². The van der Waals surface area contributed by atoms with Crippen molar-refractivity contribution in [2.24, 2.45) is 0 Å². The molecule has 0 N–H and O–H groups in total. The van der Waals surface area contributed by atoms with Gasteiger partial charge >= 0.3 is 0 Å². The van der Waals surface area contributed by atoms with Gasteiger partial charge in [0.25, 0.3) is 5.88 Å². The summed E-state index contributed by atoms with van der Waals surface area (Å²) in [6.45, 7) is 7.24. The van der Waals surface area contributed by atoms with E-state index in [4.69, 9.17) is 14.2 Å². The topological polar surface area (TPSA) is 69.6 Å². The fraction of sp³-hybridized carbons (Fsp3) is 0.526. The van der Waals surface area contributed by atoms with Gasteiger partial charge in [-0.25, -0.2) is 4.98 Å². The van der Waals surface area contributed by atoms with Crippen LogP contribution < -0.4 is 14.2 Å². The van der Waals surface area contributed by atoms with Crippen molar-refractivity contribution < 1.29 is 14.2 Å². The molecule has 0 aromatic carbocycles. The van der Waals surface area contributed by atoms with E-state index in [0.717, 1.165) is 42.9 Å². The summed E-state index contributed by atoms with van der Waals surface area (Å²) in [6, 6.07) is 6.15. The maximum atomic E-state index is 5.99. The molecule has 0 aliphatic carbocycles. The molecule has 7 nitrogen and oxygen atoms in total. The number of hydrogen-bond donors (Lipinski definition) is 0. The Labute approximate surface area is 153 Å². The van der Waals surface area contributed by atoms with Crippen LogP contribution in [0.3, 0.4) is 0 Å². The highest BCUT2D eigenvalue weighted by Gasteiger charge is 2.26. The average Bonchev–Trinajstić information content (AvgIpc) is 2.68. The number of ether oxygens (including phenoxy) is 3. The molecule has 26 heavy (non-hydrogen) atoms. The number of piperidine rings is 1. The Kier molecular flexibility index (Phi) is 4.88. The molecular formula is C19H24N4O3. The van der Waals surface area contributed by atoms with E-state index >= 15 is 0 Å². The van der Waals surface area contributed by atoms with E-state index in [2.05, 4.69) is 27.0 Å². The van der Waals surface area contributed by atoms with Crippen molar-refractivity contribution in [1.29, 1.82) is 0 Å². The van der Waals surface area contributed by atoms with Crippen LogP contribution >= 0.6 is 0 Å². The van der Waals surface area contributed by atoms with Gasteiger partial charge in [-0.3, -0.25) is 4.90 Å². The molecule has 1 fully saturated rings. The van der Waals surface area contributed by atoms with Gasteiger partial charge in [-0.05, 0) is 44.4 Å². The number of fused-ring (bicyclic) bond motifs is 1. The molecular weight excluding hydrogens is 332 g/mol. The monoisotopic (exact) mass is 356 g/mol. The van der Waals surface area contributed by atoms with Gasteiger partial charge in [-0.1, -0.05) is 0 Å². The lowest BCUT2D eigenvalue weighted by Gasteiger charge is -2.35. The maximum Gasteiger partial charge on any atom is 0.257 e. The Morgan fingerprint density at radius 2 is 2.00 bits per heavy atom. The van der Waals surface area contributed by atoms with E-state index in [1.807, 2.05) is 25.1 Å². The van der Waals surface area contributed by atoms with Gasteiger partial charge in [0.1, 0.15) is 19.3 Å². The minimum absolute atomic E-state index is 0.183. The standard InChI is InChI=1S/C19H24N4O3/c1-13-11-18(22-20-12-13)26-15-5-7-23(8-6-15)14(2)16-3-4-17-19(21-16)25-10-9-24-17/h3-4,11-12,14-15H,5-10H2,1-2H3. The van der Waals surface area contributed by atoms with Crippen LogP contribution in [-0.4, -0.2) is 52.5 Å². The second-order valence-electron chi connectivity index (χ2n) is 6.84. The summed E-state index contributed by atoms with van der Waals surface area (Å²) in [7, 11) is 0. The van der Waals surface area contributed by atoms with Crippen LogP contribution in [0.25, 0.3) is 0 Å². The summed E-state index contributed by atoms with van der Waals surface area (Å²) in [5.41, 5.74) is 2.07. The fourth-order valence-electron chi connectivity index (χ4n) is 3.41. The summed E-state index contributed by atoms with van der Waals surface area (Å²) in [5.74, 6) is 1.96. The molecule has 1 saturated heterocycles. The molecule has 0 bridgehead atoms. The molecule has 1 unspecified atom stereocenters. The molecule has 2 aliphatic heterocycles. The highest BCUT2D eigenvalue weighted by Crippen LogP contribution is 2.31. The molecule has 0 radical (unpaired) electrons. The second kappa shape index (κ2) is 7.45. The predicted molar refractivity (Wildman–Crippen MR) is 95.6 cm³/mol. The highest BCUT2D eigenvalue weighted by molar-refractivity contribution is 5.36. The first-order chi connectivity index (χ1) is 12.7. The molecule has 2 aliphatic rings. The molecule has 2 aromatic rings. The third kappa shape index (κ3) is 3.72. The Morgan fingerprint density at radius 1 is 1.19 bits per heavy atom. The van der Waals surface area contributed by atoms with Gasteiger partial charge in [0.2, 0.25) is 5.88 Å². The normalized spacial score (nSPS) is 19.2. The lowest BCUT2D eigenvalue weighted by molar-refractivity contribution is 0.0746. The van der Waals surface area contributed by atoms with Crippen LogP contribution in [0.5, 0.6) is 17.5 Å². The van der Waals surface area contributed by atoms with Crippen LogP contribution in [0.1, 0.15) is 37.1 Å². The minimum atomic E-state index is 0.183. The first-order valence-corrected chi connectivity index (χ1v) is 9.15. The molecule has 1 atom stereocenters. The van der Waals surface area contributed by atoms with Crippen LogP contribution in [0.4, 0.5) is 0 Å². The fourth-order valence-corrected chi connectivity index (χ4v) is 3.41. The number of aryl methyl sites for hydroxylation is 1. The third-order valence-corrected chi connectivity index (χ3v) is 4.94. The summed E-state index contributed by atoms with van der Waals surface area (Å²) in [5, 5.41) is 8.01. The SMILES string of the molecule is Cc1cnnc(OC2CCN(C(C)c3ccc4c(n3)OCCO4)CC2)c1. The van der Waals surface area contributed by atoms with Crippen LogP contribution in [0, 0.1) is 6.92 Å². The van der Waals surface area contributed by atoms with Crippen molar-refractivity contribution in [3.8, 4) is 17.5 Å². The Bertz CT molecular complexity index is 762. The van der Waals surface area contributed by atoms with Crippen LogP contribution in [0.2, 0.25) is 0 Å². The molecule has 7 heteroatoms. The van der Waals surface area contributed by atoms with Gasteiger partial charge in [0, 0.05) is 25.2 Å². The van der Waals surface area contributed by atoms with Crippen molar-refractivity contribution in [2.75, 3.05) is 26.3 Å². The second-order valence-corrected chi connectivity index (χ2v) is 6.84. The van der Waals surface area contributed by atoms with Gasteiger partial charge in [0.15, 0.2) is 5.75 Å². The summed E-state index contributed by atoms with van der Waals surface area (Å²) >= 11 is 0. The van der Waals surface area contributed by atoms with E-state index in [9.17, 15) is 0 Å². The molecule has 0 saturated carbocycles. The first kappa shape index (κ1) is 17.0. The first-order valence-electron chi connectivity index (χ1n) is 9.15. The molecule has 4 heterocycles. The van der Waals surface area contributed by atoms with Gasteiger partial charge in [-0.15, -0.1) is 5.10 Å². The summed E-state index contributed by atoms with van der Waals surface area (Å²) in [6.07, 6.45) is 3.84. The lowest BCUT2D eigenvalue weighted by Crippen LogP contribution is -2.40. The Balaban J connectivity index is 1.35. The quantitative estimate of drug-likeness (QED) is 0.834. The Morgan fingerprint density at radius 3 is 2.81 bits per heavy atom. The van der Waals surface area contributed by atoms with Crippen molar-refractivity contribution in [1.82, 2.24) is 20.1 Å². The van der Waals surface area contributed by atoms with Crippen LogP contribution in [-0.2, 0) is 0 Å². The van der Waals surface area contributed by atoms with Crippen molar-refractivity contribution >= 4 is 0 Å². The molecule has 0 spiro atoms. The summed E-state index contributed by atoms with van der Waals surface area (Å²) < 4.78 is 17.2. The van der Waals surface area contributed by atoms with Gasteiger partial charge in [-0.2, -0.15) is 5.10 Å². The van der Waals surface area contributed by atoms with Crippen LogP contribution in [0.15, 0.2) is 24.4 Å². The Hall–Kier alpha value is -2.41. The zero-order chi connectivity index (χ0) is 17.9. The lowest BCUT2D eigenvalue weighted by atomic mass is 10.0. The van der Waals surface area contributed by atoms with Crippen molar-refractivity contribution in [2.45, 2.75) is 38.8 Å². The van der Waals surface area contributed by atoms with Gasteiger partial charge in [0.05, 0.1) is 11.9 Å². The van der Waals surface area contributed by atoms with E-state index in [1.54, 1.807) is 6.20 Å². The van der Waals surface area contributed by atoms with E-state index in [1.165, 1.54) is 0 Å². The average molecular weight is 356 g/mol. The maximum absolute atomic E-state index is 5.99. The zero-order valence-corrected chi connectivity index (χ0v) is 15.2. The number of rotatable bonds is 4. The van der Waals surface area contributed by atoms with Crippen molar-refractivity contribution in [3.05, 3.63) is 35.7 Å². The molecule has 0 amide bonds. The summed E-state index contributed by atoms with van der Waals surface area (Å²) in [4.78, 5) is 7.08. The van der Waals surface area contributed by atoms with Crippen molar-refractivity contribution in [3.63, 3.8) is 0 Å². The number of hydrogen-bond acceptors (Lipinski definition) is 7. The molecule has 2 aromatic heterocycles. The van der Waals surface area contributed by atoms with E-state index in [0.29, 0.717) is 25.0 Å². The number of pyridine rings is 1.